The maximum absolute atomic E-state index is 12.8. The first-order chi connectivity index (χ1) is 10.1. The minimum Gasteiger partial charge on any atom is -0.408 e. The Labute approximate surface area is 118 Å². The van der Waals surface area contributed by atoms with Crippen LogP contribution in [0.3, 0.4) is 0 Å². The van der Waals surface area contributed by atoms with Gasteiger partial charge in [-0.25, -0.2) is 9.18 Å². The highest BCUT2D eigenvalue weighted by Crippen LogP contribution is 2.12. The third kappa shape index (κ3) is 2.84. The molecule has 3 aromatic rings. The zero-order chi connectivity index (χ0) is 14.8. The number of carbonyl (C=O) groups excluding carboxylic acids is 1. The lowest BCUT2D eigenvalue weighted by atomic mass is 10.2. The van der Waals surface area contributed by atoms with E-state index >= 15 is 0 Å². The first kappa shape index (κ1) is 13.1. The van der Waals surface area contributed by atoms with E-state index in [1.165, 1.54) is 24.3 Å². The normalized spacial score (nSPS) is 10.7. The molecule has 0 spiro atoms. The average Bonchev–Trinajstić information content (AvgIpc) is 2.84. The smallest absolute Gasteiger partial charge is 0.408 e. The van der Waals surface area contributed by atoms with Crippen molar-refractivity contribution in [3.8, 4) is 0 Å². The standard InChI is InChI=1S/C15H11FN2O3/c16-11-4-2-10(3-5-11)14(19)17-8-9-1-6-12-13(7-9)21-15(20)18-12/h1-7H,8H2,(H,17,19)(H,18,20). The number of aromatic amines is 1. The zero-order valence-corrected chi connectivity index (χ0v) is 10.9. The Kier molecular flexibility index (Phi) is 3.27. The molecule has 0 saturated heterocycles. The van der Waals surface area contributed by atoms with Crippen LogP contribution >= 0.6 is 0 Å². The number of oxazole rings is 1. The molecule has 1 heterocycles. The molecular formula is C15H11FN2O3. The van der Waals surface area contributed by atoms with Crippen LogP contribution in [0.25, 0.3) is 11.1 Å². The lowest BCUT2D eigenvalue weighted by Gasteiger charge is -2.05. The van der Waals surface area contributed by atoms with E-state index in [1.807, 2.05) is 0 Å². The maximum Gasteiger partial charge on any atom is 0.417 e. The number of halogens is 1. The Morgan fingerprint density at radius 3 is 2.71 bits per heavy atom. The largest absolute Gasteiger partial charge is 0.417 e. The van der Waals surface area contributed by atoms with Gasteiger partial charge in [0.15, 0.2) is 5.58 Å². The molecule has 21 heavy (non-hydrogen) atoms. The minimum absolute atomic E-state index is 0.279. The van der Waals surface area contributed by atoms with E-state index < -0.39 is 5.76 Å². The summed E-state index contributed by atoms with van der Waals surface area (Å²) in [5, 5.41) is 2.71. The van der Waals surface area contributed by atoms with Crippen molar-refractivity contribution < 1.29 is 13.6 Å². The average molecular weight is 286 g/mol. The molecule has 0 radical (unpaired) electrons. The van der Waals surface area contributed by atoms with E-state index in [1.54, 1.807) is 18.2 Å². The number of nitrogens with one attached hydrogen (secondary N) is 2. The number of benzene rings is 2. The van der Waals surface area contributed by atoms with Crippen LogP contribution in [0.2, 0.25) is 0 Å². The Hall–Kier alpha value is -2.89. The summed E-state index contributed by atoms with van der Waals surface area (Å²) in [6, 6.07) is 10.5. The molecule has 3 rings (SSSR count). The van der Waals surface area contributed by atoms with Crippen LogP contribution in [-0.2, 0) is 6.54 Å². The third-order valence-corrected chi connectivity index (χ3v) is 3.04. The highest BCUT2D eigenvalue weighted by Gasteiger charge is 2.06. The molecule has 2 aromatic carbocycles. The van der Waals surface area contributed by atoms with Gasteiger partial charge in [0.05, 0.1) is 5.52 Å². The summed E-state index contributed by atoms with van der Waals surface area (Å²) in [4.78, 5) is 25.5. The fourth-order valence-electron chi connectivity index (χ4n) is 1.99. The van der Waals surface area contributed by atoms with E-state index in [4.69, 9.17) is 4.42 Å². The summed E-state index contributed by atoms with van der Waals surface area (Å²) < 4.78 is 17.7. The summed E-state index contributed by atoms with van der Waals surface area (Å²) in [6.45, 7) is 0.279. The van der Waals surface area contributed by atoms with Crippen molar-refractivity contribution >= 4 is 17.0 Å². The van der Waals surface area contributed by atoms with Crippen molar-refractivity contribution in [1.82, 2.24) is 10.3 Å². The lowest BCUT2D eigenvalue weighted by Crippen LogP contribution is -2.22. The molecule has 0 fully saturated rings. The van der Waals surface area contributed by atoms with E-state index in [0.29, 0.717) is 16.7 Å². The predicted molar refractivity (Wildman–Crippen MR) is 74.4 cm³/mol. The van der Waals surface area contributed by atoms with Gasteiger partial charge in [0.2, 0.25) is 0 Å². The van der Waals surface area contributed by atoms with Gasteiger partial charge in [0.1, 0.15) is 5.82 Å². The summed E-state index contributed by atoms with van der Waals surface area (Å²) >= 11 is 0. The van der Waals surface area contributed by atoms with Crippen molar-refractivity contribution in [3.05, 3.63) is 70.0 Å². The molecule has 0 bridgehead atoms. The maximum atomic E-state index is 12.8. The van der Waals surface area contributed by atoms with Crippen LogP contribution in [0, 0.1) is 5.82 Å². The molecule has 0 aliphatic heterocycles. The number of amides is 1. The summed E-state index contributed by atoms with van der Waals surface area (Å²) in [7, 11) is 0. The van der Waals surface area contributed by atoms with Crippen molar-refractivity contribution in [2.24, 2.45) is 0 Å². The van der Waals surface area contributed by atoms with Crippen LogP contribution in [0.4, 0.5) is 4.39 Å². The molecule has 0 saturated carbocycles. The van der Waals surface area contributed by atoms with Gasteiger partial charge >= 0.3 is 5.76 Å². The molecule has 2 N–H and O–H groups in total. The quantitative estimate of drug-likeness (QED) is 0.775. The van der Waals surface area contributed by atoms with Crippen molar-refractivity contribution in [1.29, 1.82) is 0 Å². The molecule has 5 nitrogen and oxygen atoms in total. The van der Waals surface area contributed by atoms with Gasteiger partial charge in [-0.2, -0.15) is 0 Å². The molecule has 0 aliphatic carbocycles. The first-order valence-electron chi connectivity index (χ1n) is 6.27. The van der Waals surface area contributed by atoms with Gasteiger partial charge in [-0.1, -0.05) is 6.07 Å². The van der Waals surface area contributed by atoms with Gasteiger partial charge < -0.3 is 9.73 Å². The van der Waals surface area contributed by atoms with E-state index in [-0.39, 0.29) is 18.3 Å². The van der Waals surface area contributed by atoms with Crippen LogP contribution in [-0.4, -0.2) is 10.9 Å². The molecule has 0 aliphatic rings. The first-order valence-corrected chi connectivity index (χ1v) is 6.27. The van der Waals surface area contributed by atoms with Crippen molar-refractivity contribution in [2.75, 3.05) is 0 Å². The number of fused-ring (bicyclic) bond motifs is 1. The summed E-state index contributed by atoms with van der Waals surface area (Å²) in [5.41, 5.74) is 2.22. The van der Waals surface area contributed by atoms with Crippen LogP contribution in [0.5, 0.6) is 0 Å². The molecule has 1 amide bonds. The van der Waals surface area contributed by atoms with E-state index in [2.05, 4.69) is 10.3 Å². The molecule has 0 unspecified atom stereocenters. The molecule has 6 heteroatoms. The number of aromatic nitrogens is 1. The zero-order valence-electron chi connectivity index (χ0n) is 10.9. The Bertz CT molecular complexity index is 849. The van der Waals surface area contributed by atoms with Gasteiger partial charge in [0.25, 0.3) is 5.91 Å². The van der Waals surface area contributed by atoms with Gasteiger partial charge in [-0.3, -0.25) is 9.78 Å². The number of rotatable bonds is 3. The van der Waals surface area contributed by atoms with Gasteiger partial charge in [-0.15, -0.1) is 0 Å². The second-order valence-electron chi connectivity index (χ2n) is 4.53. The number of carbonyl (C=O) groups is 1. The predicted octanol–water partition coefficient (Wildman–Crippen LogP) is 2.19. The SMILES string of the molecule is O=C(NCc1ccc2[nH]c(=O)oc2c1)c1ccc(F)cc1. The second-order valence-corrected chi connectivity index (χ2v) is 4.53. The topological polar surface area (TPSA) is 75.1 Å². The summed E-state index contributed by atoms with van der Waals surface area (Å²) in [6.07, 6.45) is 0. The van der Waals surface area contributed by atoms with Gasteiger partial charge in [0, 0.05) is 12.1 Å². The Balaban J connectivity index is 1.72. The van der Waals surface area contributed by atoms with Crippen LogP contribution in [0.15, 0.2) is 51.7 Å². The second kappa shape index (κ2) is 5.24. The lowest BCUT2D eigenvalue weighted by molar-refractivity contribution is 0.0951. The molecule has 1 aromatic heterocycles. The van der Waals surface area contributed by atoms with E-state index in [0.717, 1.165) is 5.56 Å². The molecular weight excluding hydrogens is 275 g/mol. The van der Waals surface area contributed by atoms with Crippen molar-refractivity contribution in [3.63, 3.8) is 0 Å². The van der Waals surface area contributed by atoms with Crippen molar-refractivity contribution in [2.45, 2.75) is 6.54 Å². The van der Waals surface area contributed by atoms with Gasteiger partial charge in [-0.05, 0) is 42.0 Å². The Morgan fingerprint density at radius 1 is 1.19 bits per heavy atom. The van der Waals surface area contributed by atoms with Crippen LogP contribution in [0.1, 0.15) is 15.9 Å². The minimum atomic E-state index is -0.516. The number of hydrogen-bond acceptors (Lipinski definition) is 3. The number of hydrogen-bond donors (Lipinski definition) is 2. The monoisotopic (exact) mass is 286 g/mol. The highest BCUT2D eigenvalue weighted by molar-refractivity contribution is 5.94. The summed E-state index contributed by atoms with van der Waals surface area (Å²) in [5.74, 6) is -1.21. The third-order valence-electron chi connectivity index (χ3n) is 3.04. The van der Waals surface area contributed by atoms with Crippen LogP contribution < -0.4 is 11.1 Å². The Morgan fingerprint density at radius 2 is 1.95 bits per heavy atom. The molecule has 106 valence electrons. The fraction of sp³-hybridized carbons (Fsp3) is 0.0667. The molecule has 0 atom stereocenters. The number of H-pyrrole nitrogens is 1. The highest BCUT2D eigenvalue weighted by atomic mass is 19.1. The van der Waals surface area contributed by atoms with E-state index in [9.17, 15) is 14.0 Å². The fourth-order valence-corrected chi connectivity index (χ4v) is 1.99.